The van der Waals surface area contributed by atoms with Gasteiger partial charge in [-0.05, 0) is 13.8 Å². The number of alkyl halides is 2. The maximum absolute atomic E-state index is 10.7. The molecule has 0 aliphatic rings. The predicted molar refractivity (Wildman–Crippen MR) is 39.8 cm³/mol. The Bertz CT molecular complexity index is 108. The summed E-state index contributed by atoms with van der Waals surface area (Å²) in [5.74, 6) is -0.452. The van der Waals surface area contributed by atoms with Crippen molar-refractivity contribution in [2.24, 2.45) is 0 Å². The molecule has 0 N–H and O–H groups in total. The summed E-state index contributed by atoms with van der Waals surface area (Å²) in [5, 5.41) is 0. The van der Waals surface area contributed by atoms with E-state index in [0.717, 1.165) is 0 Å². The summed E-state index contributed by atoms with van der Waals surface area (Å²) in [6.45, 7) is 3.60. The Morgan fingerprint density at radius 3 is 2.44 bits per heavy atom. The third-order valence-corrected chi connectivity index (χ3v) is 1.11. The fraction of sp³-hybridized carbons (Fsp3) is 0.800. The van der Waals surface area contributed by atoms with E-state index in [9.17, 15) is 4.79 Å². The van der Waals surface area contributed by atoms with E-state index in [-0.39, 0.29) is 0 Å². The molecule has 0 aromatic rings. The minimum Gasteiger partial charge on any atom is -0.464 e. The number of halogens is 2. The number of carbonyl (C=O) groups is 1. The van der Waals surface area contributed by atoms with Crippen LogP contribution >= 0.6 is 27.5 Å². The molecule has 0 aromatic carbocycles. The lowest BCUT2D eigenvalue weighted by molar-refractivity contribution is -0.143. The first kappa shape index (κ1) is 9.24. The molecule has 0 spiro atoms. The highest BCUT2D eigenvalue weighted by molar-refractivity contribution is 9.10. The van der Waals surface area contributed by atoms with Gasteiger partial charge in [0.1, 0.15) is 0 Å². The molecular formula is C5H8BrClO2. The summed E-state index contributed by atoms with van der Waals surface area (Å²) in [5.41, 5.74) is 0. The molecule has 0 aliphatic heterocycles. The summed E-state index contributed by atoms with van der Waals surface area (Å²) in [6.07, 6.45) is 0. The Morgan fingerprint density at radius 1 is 1.89 bits per heavy atom. The fourth-order valence-electron chi connectivity index (χ4n) is 0.258. The summed E-state index contributed by atoms with van der Waals surface area (Å²) in [6, 6.07) is 0. The monoisotopic (exact) mass is 214 g/mol. The highest BCUT2D eigenvalue weighted by Gasteiger charge is 2.27. The molecule has 2 nitrogen and oxygen atoms in total. The highest BCUT2D eigenvalue weighted by atomic mass is 79.9. The van der Waals surface area contributed by atoms with Crippen molar-refractivity contribution in [2.75, 3.05) is 6.61 Å². The van der Waals surface area contributed by atoms with Crippen molar-refractivity contribution in [3.63, 3.8) is 0 Å². The van der Waals surface area contributed by atoms with Crippen LogP contribution in [0.5, 0.6) is 0 Å². The number of ether oxygens (including phenoxy) is 1. The third kappa shape index (κ3) is 3.76. The van der Waals surface area contributed by atoms with Gasteiger partial charge in [-0.25, -0.2) is 4.79 Å². The fourth-order valence-corrected chi connectivity index (χ4v) is 0.427. The minimum atomic E-state index is -1.07. The number of hydrogen-bond donors (Lipinski definition) is 0. The van der Waals surface area contributed by atoms with Crippen molar-refractivity contribution < 1.29 is 9.53 Å². The van der Waals surface area contributed by atoms with E-state index >= 15 is 0 Å². The first-order valence-corrected chi connectivity index (χ1v) is 3.70. The van der Waals surface area contributed by atoms with Gasteiger partial charge in [0.25, 0.3) is 0 Å². The van der Waals surface area contributed by atoms with Gasteiger partial charge < -0.3 is 4.74 Å². The van der Waals surface area contributed by atoms with Gasteiger partial charge in [-0.15, -0.1) is 0 Å². The Balaban J connectivity index is 3.74. The first-order chi connectivity index (χ1) is 3.98. The summed E-state index contributed by atoms with van der Waals surface area (Å²) in [7, 11) is 0. The Hall–Kier alpha value is 0.240. The zero-order valence-electron chi connectivity index (χ0n) is 5.28. The SMILES string of the molecule is CCOC(=O)C(C)(Cl)Br. The topological polar surface area (TPSA) is 26.3 Å². The van der Waals surface area contributed by atoms with Gasteiger partial charge in [0.2, 0.25) is 0 Å². The maximum atomic E-state index is 10.7. The average molecular weight is 215 g/mol. The second-order valence-corrected chi connectivity index (χ2v) is 4.41. The molecule has 9 heavy (non-hydrogen) atoms. The molecule has 0 heterocycles. The molecule has 0 aliphatic carbocycles. The summed E-state index contributed by atoms with van der Waals surface area (Å²) >= 11 is 8.44. The normalized spacial score (nSPS) is 16.4. The van der Waals surface area contributed by atoms with E-state index in [1.165, 1.54) is 6.92 Å². The van der Waals surface area contributed by atoms with E-state index in [1.54, 1.807) is 6.92 Å². The third-order valence-electron chi connectivity index (χ3n) is 0.634. The van der Waals surface area contributed by atoms with Crippen LogP contribution in [0.3, 0.4) is 0 Å². The zero-order chi connectivity index (χ0) is 7.49. The first-order valence-electron chi connectivity index (χ1n) is 2.53. The van der Waals surface area contributed by atoms with Crippen LogP contribution in [0.4, 0.5) is 0 Å². The Kier molecular flexibility index (Phi) is 3.51. The molecule has 0 aromatic heterocycles. The van der Waals surface area contributed by atoms with E-state index < -0.39 is 9.75 Å². The molecule has 0 rings (SSSR count). The Morgan fingerprint density at radius 2 is 2.33 bits per heavy atom. The molecule has 54 valence electrons. The average Bonchev–Trinajstić information content (AvgIpc) is 1.64. The van der Waals surface area contributed by atoms with E-state index in [4.69, 9.17) is 11.6 Å². The predicted octanol–water partition coefficient (Wildman–Crippen LogP) is 1.90. The van der Waals surface area contributed by atoms with Crippen molar-refractivity contribution in [1.82, 2.24) is 0 Å². The Labute approximate surface area is 67.6 Å². The van der Waals surface area contributed by atoms with Gasteiger partial charge >= 0.3 is 5.97 Å². The van der Waals surface area contributed by atoms with Gasteiger partial charge in [-0.3, -0.25) is 0 Å². The molecule has 0 bridgehead atoms. The molecule has 1 unspecified atom stereocenters. The largest absolute Gasteiger partial charge is 0.464 e. The number of rotatable bonds is 2. The molecule has 1 atom stereocenters. The van der Waals surface area contributed by atoms with Crippen LogP contribution in [0.2, 0.25) is 0 Å². The van der Waals surface area contributed by atoms with Crippen molar-refractivity contribution in [3.05, 3.63) is 0 Å². The lowest BCUT2D eigenvalue weighted by Crippen LogP contribution is -2.23. The van der Waals surface area contributed by atoms with Gasteiger partial charge in [0.15, 0.2) is 3.78 Å². The molecule has 0 fully saturated rings. The van der Waals surface area contributed by atoms with Crippen LogP contribution < -0.4 is 0 Å². The van der Waals surface area contributed by atoms with Crippen LogP contribution in [-0.4, -0.2) is 16.4 Å². The summed E-state index contributed by atoms with van der Waals surface area (Å²) in [4.78, 5) is 10.7. The molecule has 0 saturated heterocycles. The second-order valence-electron chi connectivity index (χ2n) is 1.61. The van der Waals surface area contributed by atoms with Gasteiger partial charge in [0.05, 0.1) is 6.61 Å². The maximum Gasteiger partial charge on any atom is 0.337 e. The molecule has 0 radical (unpaired) electrons. The zero-order valence-corrected chi connectivity index (χ0v) is 7.62. The van der Waals surface area contributed by atoms with Gasteiger partial charge in [-0.1, -0.05) is 27.5 Å². The minimum absolute atomic E-state index is 0.354. The molecule has 0 amide bonds. The molecular weight excluding hydrogens is 207 g/mol. The number of carbonyl (C=O) groups excluding carboxylic acids is 1. The lowest BCUT2D eigenvalue weighted by Gasteiger charge is -2.10. The number of esters is 1. The smallest absolute Gasteiger partial charge is 0.337 e. The lowest BCUT2D eigenvalue weighted by atomic mass is 10.5. The standard InChI is InChI=1S/C5H8BrClO2/c1-3-9-4(8)5(2,6)7/h3H2,1-2H3. The number of hydrogen-bond acceptors (Lipinski definition) is 2. The molecule has 0 saturated carbocycles. The van der Waals surface area contributed by atoms with Crippen LogP contribution in [0.1, 0.15) is 13.8 Å². The quantitative estimate of drug-likeness (QED) is 0.519. The van der Waals surface area contributed by atoms with Crippen molar-refractivity contribution in [1.29, 1.82) is 0 Å². The van der Waals surface area contributed by atoms with Crippen molar-refractivity contribution >= 4 is 33.5 Å². The van der Waals surface area contributed by atoms with Crippen molar-refractivity contribution in [3.8, 4) is 0 Å². The second kappa shape index (κ2) is 3.42. The van der Waals surface area contributed by atoms with Gasteiger partial charge in [-0.2, -0.15) is 0 Å². The van der Waals surface area contributed by atoms with E-state index in [2.05, 4.69) is 20.7 Å². The molecule has 4 heteroatoms. The van der Waals surface area contributed by atoms with Crippen LogP contribution in [0.15, 0.2) is 0 Å². The van der Waals surface area contributed by atoms with E-state index in [1.807, 2.05) is 0 Å². The van der Waals surface area contributed by atoms with E-state index in [0.29, 0.717) is 6.61 Å². The van der Waals surface area contributed by atoms with Crippen molar-refractivity contribution in [2.45, 2.75) is 17.6 Å². The van der Waals surface area contributed by atoms with Gasteiger partial charge in [0, 0.05) is 0 Å². The summed E-state index contributed by atoms with van der Waals surface area (Å²) < 4.78 is 3.52. The van der Waals surface area contributed by atoms with Crippen LogP contribution in [0, 0.1) is 0 Å². The van der Waals surface area contributed by atoms with Crippen LogP contribution in [0.25, 0.3) is 0 Å². The highest BCUT2D eigenvalue weighted by Crippen LogP contribution is 2.23. The van der Waals surface area contributed by atoms with Crippen LogP contribution in [-0.2, 0) is 9.53 Å².